The van der Waals surface area contributed by atoms with Gasteiger partial charge in [-0.05, 0) is 25.0 Å². The van der Waals surface area contributed by atoms with Gasteiger partial charge in [0, 0.05) is 23.4 Å². The molecule has 1 aromatic carbocycles. The van der Waals surface area contributed by atoms with Crippen LogP contribution in [0.2, 0.25) is 0 Å². The van der Waals surface area contributed by atoms with Gasteiger partial charge in [-0.25, -0.2) is 4.98 Å². The van der Waals surface area contributed by atoms with Crippen LogP contribution < -0.4 is 10.9 Å². The molecule has 2 amide bonds. The fourth-order valence-corrected chi connectivity index (χ4v) is 2.60. The van der Waals surface area contributed by atoms with Crippen molar-refractivity contribution in [3.05, 3.63) is 63.0 Å². The van der Waals surface area contributed by atoms with Crippen molar-refractivity contribution in [2.75, 3.05) is 0 Å². The van der Waals surface area contributed by atoms with Crippen molar-refractivity contribution in [3.8, 4) is 0 Å². The Morgan fingerprint density at radius 1 is 1.18 bits per heavy atom. The summed E-state index contributed by atoms with van der Waals surface area (Å²) in [4.78, 5) is 39.5. The summed E-state index contributed by atoms with van der Waals surface area (Å²) < 4.78 is 5.17. The van der Waals surface area contributed by atoms with Crippen LogP contribution >= 0.6 is 0 Å². The predicted molar refractivity (Wildman–Crippen MR) is 98.7 cm³/mol. The number of nitro benzene ring substituents is 1. The monoisotopic (exact) mass is 383 g/mol. The molecular formula is C18H17N5O5. The van der Waals surface area contributed by atoms with Crippen LogP contribution in [0, 0.1) is 17.0 Å². The van der Waals surface area contributed by atoms with Crippen molar-refractivity contribution in [1.82, 2.24) is 21.0 Å². The van der Waals surface area contributed by atoms with Crippen molar-refractivity contribution in [2.24, 2.45) is 0 Å². The number of non-ortho nitro benzene ring substituents is 1. The molecule has 2 heterocycles. The average molecular weight is 383 g/mol. The van der Waals surface area contributed by atoms with E-state index < -0.39 is 16.7 Å². The van der Waals surface area contributed by atoms with Crippen molar-refractivity contribution >= 4 is 28.6 Å². The second-order valence-corrected chi connectivity index (χ2v) is 6.41. The van der Waals surface area contributed by atoms with Gasteiger partial charge in [0.25, 0.3) is 23.2 Å². The zero-order chi connectivity index (χ0) is 20.4. The van der Waals surface area contributed by atoms with Gasteiger partial charge in [-0.1, -0.05) is 25.1 Å². The minimum atomic E-state index is -0.687. The molecule has 0 aliphatic rings. The lowest BCUT2D eigenvalue weighted by Crippen LogP contribution is -2.41. The van der Waals surface area contributed by atoms with E-state index in [0.29, 0.717) is 16.8 Å². The normalized spacial score (nSPS) is 10.9. The van der Waals surface area contributed by atoms with Gasteiger partial charge in [-0.3, -0.25) is 30.6 Å². The highest BCUT2D eigenvalue weighted by atomic mass is 16.6. The number of carbonyl (C=O) groups is 2. The molecule has 0 aliphatic heterocycles. The van der Waals surface area contributed by atoms with Crippen LogP contribution in [0.25, 0.3) is 11.1 Å². The van der Waals surface area contributed by atoms with E-state index in [0.717, 1.165) is 6.07 Å². The first-order valence-electron chi connectivity index (χ1n) is 8.40. The number of fused-ring (bicyclic) bond motifs is 1. The van der Waals surface area contributed by atoms with E-state index in [1.807, 2.05) is 13.8 Å². The number of hydrazine groups is 1. The molecule has 144 valence electrons. The molecule has 0 spiro atoms. The molecule has 3 aromatic rings. The molecule has 0 unspecified atom stereocenters. The number of aromatic nitrogens is 2. The number of aryl methyl sites for hydroxylation is 1. The number of benzene rings is 1. The number of rotatable bonds is 4. The Hall–Kier alpha value is -3.82. The summed E-state index contributed by atoms with van der Waals surface area (Å²) >= 11 is 0. The maximum Gasteiger partial charge on any atom is 0.270 e. The maximum atomic E-state index is 12.7. The van der Waals surface area contributed by atoms with Crippen LogP contribution in [0.1, 0.15) is 51.9 Å². The van der Waals surface area contributed by atoms with Crippen molar-refractivity contribution in [2.45, 2.75) is 26.7 Å². The van der Waals surface area contributed by atoms with Gasteiger partial charge in [0.1, 0.15) is 0 Å². The van der Waals surface area contributed by atoms with Gasteiger partial charge in [-0.15, -0.1) is 0 Å². The Balaban J connectivity index is 1.83. The molecular weight excluding hydrogens is 366 g/mol. The average Bonchev–Trinajstić information content (AvgIpc) is 3.06. The van der Waals surface area contributed by atoms with Gasteiger partial charge in [-0.2, -0.15) is 0 Å². The fourth-order valence-electron chi connectivity index (χ4n) is 2.60. The lowest BCUT2D eigenvalue weighted by molar-refractivity contribution is -0.384. The lowest BCUT2D eigenvalue weighted by atomic mass is 10.0. The SMILES string of the molecule is Cc1noc2nc(C(C)C)cc(C(=O)NNC(=O)c3cccc([N+](=O)[O-])c3)c12. The molecule has 10 nitrogen and oxygen atoms in total. The predicted octanol–water partition coefficient (Wildman–Crippen LogP) is 2.64. The highest BCUT2D eigenvalue weighted by Gasteiger charge is 2.20. The summed E-state index contributed by atoms with van der Waals surface area (Å²) in [6.45, 7) is 5.52. The van der Waals surface area contributed by atoms with Crippen molar-refractivity contribution in [3.63, 3.8) is 0 Å². The third-order valence-corrected chi connectivity index (χ3v) is 4.08. The molecule has 2 aromatic heterocycles. The zero-order valence-corrected chi connectivity index (χ0v) is 15.3. The summed E-state index contributed by atoms with van der Waals surface area (Å²) in [6.07, 6.45) is 0. The molecule has 0 fully saturated rings. The number of hydrogen-bond acceptors (Lipinski definition) is 7. The van der Waals surface area contributed by atoms with E-state index in [9.17, 15) is 19.7 Å². The summed E-state index contributed by atoms with van der Waals surface area (Å²) in [5.41, 5.74) is 6.01. The Morgan fingerprint density at radius 3 is 2.57 bits per heavy atom. The highest BCUT2D eigenvalue weighted by molar-refractivity contribution is 6.07. The molecule has 3 rings (SSSR count). The van der Waals surface area contributed by atoms with E-state index in [2.05, 4.69) is 21.0 Å². The van der Waals surface area contributed by atoms with E-state index in [-0.39, 0.29) is 28.4 Å². The number of nitro groups is 1. The molecule has 2 N–H and O–H groups in total. The third kappa shape index (κ3) is 3.65. The quantitative estimate of drug-likeness (QED) is 0.521. The number of nitrogens with zero attached hydrogens (tertiary/aromatic N) is 3. The fraction of sp³-hybridized carbons (Fsp3) is 0.222. The van der Waals surface area contributed by atoms with E-state index in [1.165, 1.54) is 18.2 Å². The Labute approximate surface area is 159 Å². The number of carbonyl (C=O) groups excluding carboxylic acids is 2. The van der Waals surface area contributed by atoms with Gasteiger partial charge < -0.3 is 4.52 Å². The number of hydrogen-bond donors (Lipinski definition) is 2. The Kier molecular flexibility index (Phi) is 5.03. The van der Waals surface area contributed by atoms with E-state index >= 15 is 0 Å². The molecule has 0 saturated heterocycles. The van der Waals surface area contributed by atoms with Crippen LogP contribution in [0.15, 0.2) is 34.9 Å². The topological polar surface area (TPSA) is 140 Å². The summed E-state index contributed by atoms with van der Waals surface area (Å²) in [7, 11) is 0. The molecule has 0 atom stereocenters. The van der Waals surface area contributed by atoms with Crippen LogP contribution in [0.5, 0.6) is 0 Å². The summed E-state index contributed by atoms with van der Waals surface area (Å²) in [5.74, 6) is -1.23. The summed E-state index contributed by atoms with van der Waals surface area (Å²) in [6, 6.07) is 6.79. The first-order chi connectivity index (χ1) is 13.3. The van der Waals surface area contributed by atoms with Gasteiger partial charge in [0.05, 0.1) is 21.6 Å². The highest BCUT2D eigenvalue weighted by Crippen LogP contribution is 2.25. The minimum Gasteiger partial charge on any atom is -0.336 e. The third-order valence-electron chi connectivity index (χ3n) is 4.08. The Bertz CT molecular complexity index is 1090. The number of pyridine rings is 1. The van der Waals surface area contributed by atoms with Crippen molar-refractivity contribution in [1.29, 1.82) is 0 Å². The van der Waals surface area contributed by atoms with Crippen molar-refractivity contribution < 1.29 is 19.0 Å². The van der Waals surface area contributed by atoms with E-state index in [4.69, 9.17) is 4.52 Å². The lowest BCUT2D eigenvalue weighted by Gasteiger charge is -2.10. The zero-order valence-electron chi connectivity index (χ0n) is 15.3. The van der Waals surface area contributed by atoms with Gasteiger partial charge in [0.2, 0.25) is 0 Å². The minimum absolute atomic E-state index is 0.0402. The van der Waals surface area contributed by atoms with E-state index in [1.54, 1.807) is 13.0 Å². The smallest absolute Gasteiger partial charge is 0.270 e. The standard InChI is InChI=1S/C18H17N5O5/c1-9(2)14-8-13(15-10(3)22-28-18(15)19-14)17(25)21-20-16(24)11-5-4-6-12(7-11)23(26)27/h4-9H,1-3H3,(H,20,24)(H,21,25). The molecule has 0 saturated carbocycles. The Morgan fingerprint density at radius 2 is 1.89 bits per heavy atom. The maximum absolute atomic E-state index is 12.7. The van der Waals surface area contributed by atoms with Crippen LogP contribution in [-0.4, -0.2) is 26.9 Å². The second kappa shape index (κ2) is 7.43. The molecule has 0 bridgehead atoms. The summed E-state index contributed by atoms with van der Waals surface area (Å²) in [5, 5.41) is 15.1. The molecule has 0 aliphatic carbocycles. The first-order valence-corrected chi connectivity index (χ1v) is 8.40. The van der Waals surface area contributed by atoms with Crippen LogP contribution in [-0.2, 0) is 0 Å². The molecule has 10 heteroatoms. The van der Waals surface area contributed by atoms with Gasteiger partial charge >= 0.3 is 0 Å². The molecule has 0 radical (unpaired) electrons. The number of amides is 2. The second-order valence-electron chi connectivity index (χ2n) is 6.41. The first kappa shape index (κ1) is 19.0. The van der Waals surface area contributed by atoms with Crippen LogP contribution in [0.3, 0.4) is 0 Å². The van der Waals surface area contributed by atoms with Crippen LogP contribution in [0.4, 0.5) is 5.69 Å². The van der Waals surface area contributed by atoms with Gasteiger partial charge in [0.15, 0.2) is 0 Å². The number of nitrogens with one attached hydrogen (secondary N) is 2. The molecule has 28 heavy (non-hydrogen) atoms. The largest absolute Gasteiger partial charge is 0.336 e.